The van der Waals surface area contributed by atoms with E-state index in [4.69, 9.17) is 14.0 Å². The maximum Gasteiger partial charge on any atom is 0.491 e. The fraction of sp³-hybridized carbons (Fsp3) is 0.471. The van der Waals surface area contributed by atoms with Crippen molar-refractivity contribution in [3.8, 4) is 5.75 Å². The number of benzene rings is 1. The number of hydrogen-bond donors (Lipinski definition) is 2. The van der Waals surface area contributed by atoms with E-state index in [2.05, 4.69) is 12.6 Å². The molecule has 0 unspecified atom stereocenters. The highest BCUT2D eigenvalue weighted by Gasteiger charge is 2.52. The molecule has 0 aromatic heterocycles. The first kappa shape index (κ1) is 18.9. The minimum atomic E-state index is -1.02. The second-order valence-corrected chi connectivity index (χ2v) is 7.04. The number of aromatic carboxylic acids is 1. The molecule has 0 spiro atoms. The van der Waals surface area contributed by atoms with Crippen molar-refractivity contribution in [1.82, 2.24) is 0 Å². The van der Waals surface area contributed by atoms with Gasteiger partial charge in [-0.05, 0) is 50.9 Å². The van der Waals surface area contributed by atoms with Crippen molar-refractivity contribution in [3.05, 3.63) is 34.8 Å². The molecular formula is C17H23BO5S. The van der Waals surface area contributed by atoms with Crippen LogP contribution in [0, 0.1) is 0 Å². The first-order valence-electron chi connectivity index (χ1n) is 7.69. The van der Waals surface area contributed by atoms with Gasteiger partial charge in [0.05, 0.1) is 23.9 Å². The Bertz CT molecular complexity index is 653. The summed E-state index contributed by atoms with van der Waals surface area (Å²) in [7, 11) is 0.941. The number of rotatable bonds is 5. The maximum absolute atomic E-state index is 11.5. The average molecular weight is 350 g/mol. The van der Waals surface area contributed by atoms with Crippen molar-refractivity contribution < 1.29 is 23.9 Å². The second-order valence-electron chi connectivity index (χ2n) is 6.72. The van der Waals surface area contributed by atoms with Crippen LogP contribution < -0.4 is 4.74 Å². The Kier molecular flexibility index (Phi) is 5.37. The van der Waals surface area contributed by atoms with E-state index in [-0.39, 0.29) is 5.56 Å². The molecule has 0 radical (unpaired) electrons. The van der Waals surface area contributed by atoms with Crippen LogP contribution in [0.1, 0.15) is 43.6 Å². The van der Waals surface area contributed by atoms with Crippen molar-refractivity contribution in [2.75, 3.05) is 12.9 Å². The summed E-state index contributed by atoms with van der Waals surface area (Å²) in [5, 5.41) is 9.44. The summed E-state index contributed by atoms with van der Waals surface area (Å²) in [5.74, 6) is -0.137. The largest absolute Gasteiger partial charge is 0.497 e. The summed E-state index contributed by atoms with van der Waals surface area (Å²) in [5.41, 5.74) is 0.557. The lowest BCUT2D eigenvalue weighted by atomic mass is 9.78. The quantitative estimate of drug-likeness (QED) is 0.630. The van der Waals surface area contributed by atoms with Gasteiger partial charge in [-0.25, -0.2) is 4.79 Å². The van der Waals surface area contributed by atoms with Crippen molar-refractivity contribution in [1.29, 1.82) is 0 Å². The summed E-state index contributed by atoms with van der Waals surface area (Å²) in [6, 6.07) is 4.92. The third-order valence-electron chi connectivity index (χ3n) is 4.57. The molecule has 0 atom stereocenters. The molecule has 5 nitrogen and oxygen atoms in total. The topological polar surface area (TPSA) is 65.0 Å². The van der Waals surface area contributed by atoms with Gasteiger partial charge in [0.15, 0.2) is 0 Å². The molecule has 1 saturated heterocycles. The summed E-state index contributed by atoms with van der Waals surface area (Å²) in [4.78, 5) is 11.5. The fourth-order valence-corrected chi connectivity index (χ4v) is 2.60. The predicted octanol–water partition coefficient (Wildman–Crippen LogP) is 3.34. The van der Waals surface area contributed by atoms with E-state index < -0.39 is 24.3 Å². The van der Waals surface area contributed by atoms with Crippen LogP contribution in [0.25, 0.3) is 6.08 Å². The number of ether oxygens (including phenoxy) is 1. The van der Waals surface area contributed by atoms with E-state index in [9.17, 15) is 9.90 Å². The molecule has 7 heteroatoms. The van der Waals surface area contributed by atoms with Gasteiger partial charge in [0, 0.05) is 5.75 Å². The lowest BCUT2D eigenvalue weighted by Crippen LogP contribution is -2.41. The molecule has 1 aliphatic rings. The normalized spacial score (nSPS) is 19.4. The van der Waals surface area contributed by atoms with Crippen LogP contribution in [0.4, 0.5) is 0 Å². The van der Waals surface area contributed by atoms with E-state index in [1.54, 1.807) is 18.2 Å². The number of carbonyl (C=O) groups is 1. The molecule has 0 saturated carbocycles. The van der Waals surface area contributed by atoms with Gasteiger partial charge < -0.3 is 19.2 Å². The molecule has 0 amide bonds. The van der Waals surface area contributed by atoms with E-state index >= 15 is 0 Å². The fourth-order valence-electron chi connectivity index (χ4n) is 2.36. The van der Waals surface area contributed by atoms with Gasteiger partial charge in [-0.15, -0.1) is 0 Å². The first-order valence-corrected chi connectivity index (χ1v) is 8.33. The Labute approximate surface area is 148 Å². The number of hydrogen-bond acceptors (Lipinski definition) is 5. The number of carboxylic acids is 1. The Morgan fingerprint density at radius 1 is 1.29 bits per heavy atom. The highest BCUT2D eigenvalue weighted by Crippen LogP contribution is 2.39. The molecule has 1 aliphatic heterocycles. The standard InChI is InChI=1S/C17H23BO5S/c1-16(2)17(3,4)23-18(22-16)12(10-24)8-11-6-7-13(21-5)9-14(11)15(19)20/h6-9,24H,10H2,1-5H3,(H,19,20). The highest BCUT2D eigenvalue weighted by molar-refractivity contribution is 7.80. The van der Waals surface area contributed by atoms with Crippen LogP contribution in [0.3, 0.4) is 0 Å². The van der Waals surface area contributed by atoms with Gasteiger partial charge in [0.1, 0.15) is 5.75 Å². The number of methoxy groups -OCH3 is 1. The number of thiol groups is 1. The zero-order valence-electron chi connectivity index (χ0n) is 14.6. The van der Waals surface area contributed by atoms with Crippen molar-refractivity contribution in [2.24, 2.45) is 0 Å². The Morgan fingerprint density at radius 3 is 2.33 bits per heavy atom. The van der Waals surface area contributed by atoms with Crippen LogP contribution in [0.15, 0.2) is 23.7 Å². The van der Waals surface area contributed by atoms with Crippen LogP contribution in [-0.4, -0.2) is 42.3 Å². The summed E-state index contributed by atoms with van der Waals surface area (Å²) < 4.78 is 17.1. The zero-order valence-corrected chi connectivity index (χ0v) is 15.5. The van der Waals surface area contributed by atoms with E-state index in [0.717, 1.165) is 5.47 Å². The highest BCUT2D eigenvalue weighted by atomic mass is 32.1. The van der Waals surface area contributed by atoms with Gasteiger partial charge in [-0.3, -0.25) is 0 Å². The molecule has 130 valence electrons. The van der Waals surface area contributed by atoms with E-state index in [1.165, 1.54) is 13.2 Å². The molecule has 1 aromatic carbocycles. The zero-order chi connectivity index (χ0) is 18.1. The van der Waals surface area contributed by atoms with Gasteiger partial charge >= 0.3 is 13.1 Å². The van der Waals surface area contributed by atoms with Crippen molar-refractivity contribution in [3.63, 3.8) is 0 Å². The van der Waals surface area contributed by atoms with E-state index in [0.29, 0.717) is 17.1 Å². The molecule has 1 fully saturated rings. The van der Waals surface area contributed by atoms with Gasteiger partial charge in [0.2, 0.25) is 0 Å². The molecular weight excluding hydrogens is 327 g/mol. The summed E-state index contributed by atoms with van der Waals surface area (Å²) in [6.45, 7) is 7.89. The third-order valence-corrected chi connectivity index (χ3v) is 4.94. The SMILES string of the molecule is COc1ccc(C=C(CS)B2OC(C)(C)C(C)(C)O2)c(C(=O)O)c1. The van der Waals surface area contributed by atoms with Gasteiger partial charge in [0.25, 0.3) is 0 Å². The van der Waals surface area contributed by atoms with Crippen LogP contribution >= 0.6 is 12.6 Å². The van der Waals surface area contributed by atoms with Crippen molar-refractivity contribution >= 4 is 31.8 Å². The lowest BCUT2D eigenvalue weighted by molar-refractivity contribution is 0.00578. The molecule has 1 heterocycles. The average Bonchev–Trinajstić information content (AvgIpc) is 2.72. The van der Waals surface area contributed by atoms with Crippen molar-refractivity contribution in [2.45, 2.75) is 38.9 Å². The minimum absolute atomic E-state index is 0.158. The monoisotopic (exact) mass is 350 g/mol. The minimum Gasteiger partial charge on any atom is -0.497 e. The first-order chi connectivity index (χ1) is 11.1. The second kappa shape index (κ2) is 6.82. The number of carboxylic acid groups (broad SMARTS) is 1. The lowest BCUT2D eigenvalue weighted by Gasteiger charge is -2.32. The Balaban J connectivity index is 2.40. The van der Waals surface area contributed by atoms with Crippen LogP contribution in [0.5, 0.6) is 5.75 Å². The van der Waals surface area contributed by atoms with Gasteiger partial charge in [-0.2, -0.15) is 12.6 Å². The smallest absolute Gasteiger partial charge is 0.491 e. The summed E-state index contributed by atoms with van der Waals surface area (Å²) >= 11 is 4.36. The van der Waals surface area contributed by atoms with Crippen LogP contribution in [0.2, 0.25) is 0 Å². The van der Waals surface area contributed by atoms with Gasteiger partial charge in [-0.1, -0.05) is 12.1 Å². The molecule has 0 aliphatic carbocycles. The molecule has 24 heavy (non-hydrogen) atoms. The molecule has 2 rings (SSSR count). The van der Waals surface area contributed by atoms with Crippen LogP contribution in [-0.2, 0) is 9.31 Å². The maximum atomic E-state index is 11.5. The third kappa shape index (κ3) is 3.63. The van der Waals surface area contributed by atoms with E-state index in [1.807, 2.05) is 27.7 Å². The molecule has 0 bridgehead atoms. The molecule has 1 N–H and O–H groups in total. The summed E-state index contributed by atoms with van der Waals surface area (Å²) in [6.07, 6.45) is 1.76. The Hall–Kier alpha value is -1.44. The predicted molar refractivity (Wildman–Crippen MR) is 97.9 cm³/mol. The Morgan fingerprint density at radius 2 is 1.88 bits per heavy atom. The molecule has 1 aromatic rings.